The number of benzene rings is 2. The van der Waals surface area contributed by atoms with Crippen LogP contribution in [0.4, 0.5) is 5.69 Å². The molecule has 0 radical (unpaired) electrons. The van der Waals surface area contributed by atoms with Crippen LogP contribution in [0.25, 0.3) is 6.08 Å². The lowest BCUT2D eigenvalue weighted by Crippen LogP contribution is -2.30. The Kier molecular flexibility index (Phi) is 6.71. The first-order valence-corrected chi connectivity index (χ1v) is 10.3. The van der Waals surface area contributed by atoms with Gasteiger partial charge in [-0.15, -0.1) is 0 Å². The van der Waals surface area contributed by atoms with Crippen LogP contribution >= 0.6 is 28.1 Å². The minimum Gasteiger partial charge on any atom is -0.490 e. The van der Waals surface area contributed by atoms with E-state index in [1.165, 1.54) is 4.90 Å². The fraction of sp³-hybridized carbons (Fsp3) is 0.182. The highest BCUT2D eigenvalue weighted by molar-refractivity contribution is 9.10. The largest absolute Gasteiger partial charge is 0.490 e. The molecule has 0 aliphatic carbocycles. The SMILES string of the molecule is C=CCOc1c(Br)cc(/C=C2/C(=O)N(c3ccccc3)C(=S)N2C)cc1OCC. The second kappa shape index (κ2) is 9.24. The fourth-order valence-corrected chi connectivity index (χ4v) is 3.80. The smallest absolute Gasteiger partial charge is 0.281 e. The highest BCUT2D eigenvalue weighted by Gasteiger charge is 2.36. The van der Waals surface area contributed by atoms with E-state index in [1.807, 2.05) is 49.4 Å². The summed E-state index contributed by atoms with van der Waals surface area (Å²) in [5.74, 6) is 1.01. The number of amides is 1. The van der Waals surface area contributed by atoms with Gasteiger partial charge in [0.15, 0.2) is 16.6 Å². The molecule has 0 unspecified atom stereocenters. The van der Waals surface area contributed by atoms with Crippen molar-refractivity contribution >= 4 is 50.9 Å². The molecule has 2 aromatic rings. The van der Waals surface area contributed by atoms with Crippen molar-refractivity contribution in [3.8, 4) is 11.5 Å². The molecule has 1 aliphatic heterocycles. The molecular formula is C22H21BrN2O3S. The van der Waals surface area contributed by atoms with Crippen LogP contribution in [-0.2, 0) is 4.79 Å². The lowest BCUT2D eigenvalue weighted by Gasteiger charge is -2.16. The quantitative estimate of drug-likeness (QED) is 0.321. The zero-order valence-corrected chi connectivity index (χ0v) is 18.6. The number of hydrogen-bond acceptors (Lipinski definition) is 4. The highest BCUT2D eigenvalue weighted by Crippen LogP contribution is 2.38. The molecule has 29 heavy (non-hydrogen) atoms. The van der Waals surface area contributed by atoms with Gasteiger partial charge < -0.3 is 14.4 Å². The molecule has 150 valence electrons. The lowest BCUT2D eigenvalue weighted by atomic mass is 10.1. The maximum Gasteiger partial charge on any atom is 0.281 e. The van der Waals surface area contributed by atoms with E-state index < -0.39 is 0 Å². The molecule has 1 saturated heterocycles. The van der Waals surface area contributed by atoms with Crippen LogP contribution in [0.3, 0.4) is 0 Å². The minimum atomic E-state index is -0.176. The Hall–Kier alpha value is -2.64. The first-order chi connectivity index (χ1) is 14.0. The molecule has 0 atom stereocenters. The van der Waals surface area contributed by atoms with E-state index in [0.717, 1.165) is 15.7 Å². The summed E-state index contributed by atoms with van der Waals surface area (Å²) in [4.78, 5) is 16.3. The number of nitrogens with zero attached hydrogens (tertiary/aromatic N) is 2. The molecule has 0 N–H and O–H groups in total. The Balaban J connectivity index is 1.99. The number of rotatable bonds is 7. The summed E-state index contributed by atoms with van der Waals surface area (Å²) in [7, 11) is 1.79. The summed E-state index contributed by atoms with van der Waals surface area (Å²) in [6.45, 7) is 6.43. The van der Waals surface area contributed by atoms with E-state index >= 15 is 0 Å². The number of para-hydroxylation sites is 1. The van der Waals surface area contributed by atoms with Crippen LogP contribution in [0.1, 0.15) is 12.5 Å². The van der Waals surface area contributed by atoms with Gasteiger partial charge in [0.1, 0.15) is 12.3 Å². The van der Waals surface area contributed by atoms with Gasteiger partial charge in [0.05, 0.1) is 16.8 Å². The van der Waals surface area contributed by atoms with Gasteiger partial charge in [-0.05, 0) is 71.0 Å². The highest BCUT2D eigenvalue weighted by atomic mass is 79.9. The molecule has 5 nitrogen and oxygen atoms in total. The second-order valence-corrected chi connectivity index (χ2v) is 7.43. The standard InChI is InChI=1S/C22H21BrN2O3S/c1-4-11-28-20-17(23)12-15(14-19(20)27-5-2)13-18-21(26)25(22(29)24(18)3)16-9-7-6-8-10-16/h4,6-10,12-14H,1,5,11H2,2-3H3/b18-13-. The summed E-state index contributed by atoms with van der Waals surface area (Å²) in [6.07, 6.45) is 3.46. The van der Waals surface area contributed by atoms with Crippen LogP contribution in [-0.4, -0.2) is 36.2 Å². The van der Waals surface area contributed by atoms with Crippen molar-refractivity contribution in [3.05, 3.63) is 70.9 Å². The zero-order valence-electron chi connectivity index (χ0n) is 16.2. The number of carbonyl (C=O) groups excluding carboxylic acids is 1. The number of ether oxygens (including phenoxy) is 2. The summed E-state index contributed by atoms with van der Waals surface area (Å²) in [5, 5.41) is 0.433. The molecule has 3 rings (SSSR count). The normalized spacial score (nSPS) is 15.2. The van der Waals surface area contributed by atoms with E-state index in [1.54, 1.807) is 24.1 Å². The van der Waals surface area contributed by atoms with Crippen molar-refractivity contribution in [2.75, 3.05) is 25.2 Å². The van der Waals surface area contributed by atoms with Gasteiger partial charge in [0, 0.05) is 7.05 Å². The minimum absolute atomic E-state index is 0.176. The summed E-state index contributed by atoms with van der Waals surface area (Å²) < 4.78 is 12.2. The van der Waals surface area contributed by atoms with Crippen molar-refractivity contribution in [1.82, 2.24) is 4.90 Å². The maximum absolute atomic E-state index is 13.1. The third-order valence-electron chi connectivity index (χ3n) is 4.26. The maximum atomic E-state index is 13.1. The second-order valence-electron chi connectivity index (χ2n) is 6.21. The van der Waals surface area contributed by atoms with Crippen LogP contribution < -0.4 is 14.4 Å². The molecular weight excluding hydrogens is 452 g/mol. The van der Waals surface area contributed by atoms with E-state index in [2.05, 4.69) is 22.5 Å². The van der Waals surface area contributed by atoms with Crippen LogP contribution in [0.15, 0.2) is 65.3 Å². The van der Waals surface area contributed by atoms with Gasteiger partial charge in [0.25, 0.3) is 5.91 Å². The molecule has 0 bridgehead atoms. The molecule has 0 saturated carbocycles. The van der Waals surface area contributed by atoms with Crippen LogP contribution in [0, 0.1) is 0 Å². The number of anilines is 1. The van der Waals surface area contributed by atoms with E-state index in [0.29, 0.717) is 35.5 Å². The van der Waals surface area contributed by atoms with E-state index in [4.69, 9.17) is 21.7 Å². The Morgan fingerprint density at radius 3 is 2.59 bits per heavy atom. The van der Waals surface area contributed by atoms with Crippen LogP contribution in [0.2, 0.25) is 0 Å². The Morgan fingerprint density at radius 1 is 1.21 bits per heavy atom. The Labute approximate surface area is 184 Å². The number of thiocarbonyl (C=S) groups is 1. The van der Waals surface area contributed by atoms with E-state index in [9.17, 15) is 4.79 Å². The van der Waals surface area contributed by atoms with Gasteiger partial charge in [-0.3, -0.25) is 9.69 Å². The lowest BCUT2D eigenvalue weighted by molar-refractivity contribution is -0.114. The fourth-order valence-electron chi connectivity index (χ4n) is 2.94. The van der Waals surface area contributed by atoms with Gasteiger partial charge >= 0.3 is 0 Å². The molecule has 0 spiro atoms. The number of hydrogen-bond donors (Lipinski definition) is 0. The molecule has 2 aromatic carbocycles. The molecule has 0 aromatic heterocycles. The van der Waals surface area contributed by atoms with Gasteiger partial charge in [-0.25, -0.2) is 0 Å². The zero-order chi connectivity index (χ0) is 21.0. The van der Waals surface area contributed by atoms with Crippen molar-refractivity contribution in [2.24, 2.45) is 0 Å². The number of halogens is 1. The Bertz CT molecular complexity index is 976. The van der Waals surface area contributed by atoms with Gasteiger partial charge in [-0.1, -0.05) is 30.9 Å². The first-order valence-electron chi connectivity index (χ1n) is 9.06. The number of carbonyl (C=O) groups is 1. The average Bonchev–Trinajstić information content (AvgIpc) is 2.91. The molecule has 1 fully saturated rings. The third kappa shape index (κ3) is 4.36. The van der Waals surface area contributed by atoms with Gasteiger partial charge in [-0.2, -0.15) is 0 Å². The predicted molar refractivity (Wildman–Crippen MR) is 123 cm³/mol. The molecule has 1 heterocycles. The monoisotopic (exact) mass is 472 g/mol. The van der Waals surface area contributed by atoms with Crippen molar-refractivity contribution in [3.63, 3.8) is 0 Å². The molecule has 1 aliphatic rings. The Morgan fingerprint density at radius 2 is 1.93 bits per heavy atom. The topological polar surface area (TPSA) is 42.0 Å². The van der Waals surface area contributed by atoms with Gasteiger partial charge in [0.2, 0.25) is 0 Å². The number of likely N-dealkylation sites (N-methyl/N-ethyl adjacent to an activating group) is 1. The van der Waals surface area contributed by atoms with Crippen LogP contribution in [0.5, 0.6) is 11.5 Å². The van der Waals surface area contributed by atoms with Crippen molar-refractivity contribution in [2.45, 2.75) is 6.92 Å². The van der Waals surface area contributed by atoms with Crippen molar-refractivity contribution < 1.29 is 14.3 Å². The molecule has 7 heteroatoms. The van der Waals surface area contributed by atoms with Crippen molar-refractivity contribution in [1.29, 1.82) is 0 Å². The summed E-state index contributed by atoms with van der Waals surface area (Å²) in [6, 6.07) is 13.1. The summed E-state index contributed by atoms with van der Waals surface area (Å²) in [5.41, 5.74) is 2.01. The predicted octanol–water partition coefficient (Wildman–Crippen LogP) is 5.02. The van der Waals surface area contributed by atoms with E-state index in [-0.39, 0.29) is 5.91 Å². The third-order valence-corrected chi connectivity index (χ3v) is 5.30. The first kappa shape index (κ1) is 21.1. The summed E-state index contributed by atoms with van der Waals surface area (Å²) >= 11 is 9.04. The average molecular weight is 473 g/mol. The molecule has 1 amide bonds.